The molecule has 8 nitrogen and oxygen atoms in total. The third-order valence-electron chi connectivity index (χ3n) is 2.74. The Morgan fingerprint density at radius 2 is 1.86 bits per heavy atom. The molecule has 0 bridgehead atoms. The number of rotatable bonds is 4. The molecule has 0 aliphatic rings. The number of nitrogens with one attached hydrogen (secondary N) is 1. The van der Waals surface area contributed by atoms with Crippen LogP contribution >= 0.6 is 11.6 Å². The molecule has 9 heteroatoms. The Bertz CT molecular complexity index is 800. The fraction of sp³-hybridized carbons (Fsp3) is 0. The normalized spacial score (nSPS) is 10.4. The Hall–Kier alpha value is -3.00. The summed E-state index contributed by atoms with van der Waals surface area (Å²) in [6, 6.07) is 10.0. The number of amides is 1. The fourth-order valence-electron chi connectivity index (χ4n) is 1.76. The van der Waals surface area contributed by atoms with Crippen molar-refractivity contribution in [2.45, 2.75) is 0 Å². The Balaban J connectivity index is 1.82. The summed E-state index contributed by atoms with van der Waals surface area (Å²) in [5.74, 6) is 0.210. The Morgan fingerprint density at radius 1 is 1.09 bits per heavy atom. The van der Waals surface area contributed by atoms with Crippen LogP contribution in [0.3, 0.4) is 0 Å². The van der Waals surface area contributed by atoms with Gasteiger partial charge in [0.2, 0.25) is 5.88 Å². The van der Waals surface area contributed by atoms with E-state index in [0.717, 1.165) is 0 Å². The van der Waals surface area contributed by atoms with Gasteiger partial charge in [0.25, 0.3) is 5.91 Å². The lowest BCUT2D eigenvalue weighted by Gasteiger charge is -2.04. The molecular formula is C13H9ClN6O2. The number of halogens is 1. The molecule has 0 saturated carbocycles. The fourth-order valence-corrected chi connectivity index (χ4v) is 1.86. The van der Waals surface area contributed by atoms with Crippen molar-refractivity contribution >= 4 is 17.5 Å². The van der Waals surface area contributed by atoms with Gasteiger partial charge in [0.05, 0.1) is 0 Å². The zero-order valence-electron chi connectivity index (χ0n) is 11.0. The lowest BCUT2D eigenvalue weighted by Crippen LogP contribution is -2.12. The van der Waals surface area contributed by atoms with Crippen LogP contribution in [-0.4, -0.2) is 31.5 Å². The number of hydrogen-bond donors (Lipinski definition) is 2. The first-order valence-corrected chi connectivity index (χ1v) is 6.49. The van der Waals surface area contributed by atoms with E-state index in [0.29, 0.717) is 22.9 Å². The number of carbonyl (C=O) groups excluding carboxylic acids is 1. The van der Waals surface area contributed by atoms with E-state index >= 15 is 0 Å². The molecule has 0 radical (unpaired) electrons. The van der Waals surface area contributed by atoms with Gasteiger partial charge in [0.15, 0.2) is 10.8 Å². The van der Waals surface area contributed by atoms with Crippen molar-refractivity contribution in [3.8, 4) is 22.9 Å². The van der Waals surface area contributed by atoms with Crippen molar-refractivity contribution in [3.05, 3.63) is 47.2 Å². The van der Waals surface area contributed by atoms with Gasteiger partial charge >= 0.3 is 0 Å². The summed E-state index contributed by atoms with van der Waals surface area (Å²) >= 11 is 5.65. The molecule has 3 N–H and O–H groups in total. The second-order valence-corrected chi connectivity index (χ2v) is 4.59. The molecular weight excluding hydrogens is 308 g/mol. The van der Waals surface area contributed by atoms with Gasteiger partial charge in [-0.3, -0.25) is 4.79 Å². The van der Waals surface area contributed by atoms with Gasteiger partial charge in [0, 0.05) is 11.6 Å². The van der Waals surface area contributed by atoms with Gasteiger partial charge in [0.1, 0.15) is 11.4 Å². The highest BCUT2D eigenvalue weighted by Gasteiger charge is 2.15. The predicted octanol–water partition coefficient (Wildman–Crippen LogP) is 1.81. The van der Waals surface area contributed by atoms with Crippen molar-refractivity contribution in [3.63, 3.8) is 0 Å². The number of primary amides is 1. The molecule has 3 rings (SSSR count). The van der Waals surface area contributed by atoms with Crippen molar-refractivity contribution in [2.24, 2.45) is 5.73 Å². The number of ether oxygens (including phenoxy) is 1. The zero-order valence-corrected chi connectivity index (χ0v) is 11.8. The summed E-state index contributed by atoms with van der Waals surface area (Å²) in [5, 5.41) is 17.8. The largest absolute Gasteiger partial charge is 0.438 e. The smallest absolute Gasteiger partial charge is 0.271 e. The number of hydrogen-bond acceptors (Lipinski definition) is 6. The molecule has 3 aromatic rings. The van der Waals surface area contributed by atoms with Gasteiger partial charge in [-0.2, -0.15) is 15.4 Å². The second kappa shape index (κ2) is 5.78. The minimum absolute atomic E-state index is 0.0808. The Labute approximate surface area is 129 Å². The van der Waals surface area contributed by atoms with Crippen molar-refractivity contribution in [2.75, 3.05) is 0 Å². The second-order valence-electron chi connectivity index (χ2n) is 4.21. The van der Waals surface area contributed by atoms with Crippen LogP contribution in [0.5, 0.6) is 11.6 Å². The monoisotopic (exact) mass is 316 g/mol. The molecule has 0 atom stereocenters. The average Bonchev–Trinajstić information content (AvgIpc) is 3.00. The van der Waals surface area contributed by atoms with Crippen LogP contribution in [0.4, 0.5) is 0 Å². The van der Waals surface area contributed by atoms with E-state index in [-0.39, 0.29) is 10.8 Å². The van der Waals surface area contributed by atoms with Crippen molar-refractivity contribution < 1.29 is 9.53 Å². The molecule has 0 aliphatic carbocycles. The van der Waals surface area contributed by atoms with E-state index < -0.39 is 5.91 Å². The van der Waals surface area contributed by atoms with E-state index in [2.05, 4.69) is 25.6 Å². The number of aromatic nitrogens is 5. The van der Waals surface area contributed by atoms with E-state index in [1.54, 1.807) is 36.4 Å². The third-order valence-corrected chi connectivity index (χ3v) is 2.94. The summed E-state index contributed by atoms with van der Waals surface area (Å²) in [7, 11) is 0. The maximum atomic E-state index is 11.2. The average molecular weight is 317 g/mol. The number of H-pyrrole nitrogens is 1. The SMILES string of the molecule is NC(=O)c1n[nH]nc1-c1ccc(Oc2ccc(Cl)nn2)cc1. The highest BCUT2D eigenvalue weighted by Crippen LogP contribution is 2.25. The number of benzene rings is 1. The topological polar surface area (TPSA) is 120 Å². The molecule has 110 valence electrons. The molecule has 1 aromatic carbocycles. The van der Waals surface area contributed by atoms with Gasteiger partial charge in [-0.15, -0.1) is 10.2 Å². The highest BCUT2D eigenvalue weighted by molar-refractivity contribution is 6.29. The number of nitrogens with zero attached hydrogens (tertiary/aromatic N) is 4. The molecule has 0 spiro atoms. The standard InChI is InChI=1S/C13H9ClN6O2/c14-9-5-6-10(17-16-9)22-8-3-1-7(2-4-8)11-12(13(15)21)19-20-18-11/h1-6H,(H2,15,21)(H,18,19,20). The summed E-state index contributed by atoms with van der Waals surface area (Å²) < 4.78 is 5.52. The highest BCUT2D eigenvalue weighted by atomic mass is 35.5. The molecule has 2 heterocycles. The Morgan fingerprint density at radius 3 is 2.50 bits per heavy atom. The molecule has 2 aromatic heterocycles. The minimum atomic E-state index is -0.652. The lowest BCUT2D eigenvalue weighted by molar-refractivity contribution is 0.0996. The first-order chi connectivity index (χ1) is 10.6. The molecule has 0 unspecified atom stereocenters. The quantitative estimate of drug-likeness (QED) is 0.757. The van der Waals surface area contributed by atoms with Crippen LogP contribution in [-0.2, 0) is 0 Å². The molecule has 1 amide bonds. The van der Waals surface area contributed by atoms with Gasteiger partial charge in [-0.1, -0.05) is 11.6 Å². The summed E-state index contributed by atoms with van der Waals surface area (Å²) in [6.07, 6.45) is 0. The maximum absolute atomic E-state index is 11.2. The third kappa shape index (κ3) is 2.86. The van der Waals surface area contributed by atoms with E-state index in [9.17, 15) is 4.79 Å². The van der Waals surface area contributed by atoms with Crippen LogP contribution in [0.15, 0.2) is 36.4 Å². The van der Waals surface area contributed by atoms with Crippen LogP contribution in [0.1, 0.15) is 10.5 Å². The number of aromatic amines is 1. The van der Waals surface area contributed by atoms with Crippen LogP contribution < -0.4 is 10.5 Å². The Kier molecular flexibility index (Phi) is 3.67. The van der Waals surface area contributed by atoms with Crippen LogP contribution in [0.25, 0.3) is 11.3 Å². The van der Waals surface area contributed by atoms with Crippen LogP contribution in [0, 0.1) is 0 Å². The lowest BCUT2D eigenvalue weighted by atomic mass is 10.1. The van der Waals surface area contributed by atoms with E-state index in [4.69, 9.17) is 22.1 Å². The first-order valence-electron chi connectivity index (χ1n) is 6.11. The molecule has 0 aliphatic heterocycles. The maximum Gasteiger partial charge on any atom is 0.271 e. The molecule has 22 heavy (non-hydrogen) atoms. The summed E-state index contributed by atoms with van der Waals surface area (Å²) in [4.78, 5) is 11.2. The van der Waals surface area contributed by atoms with Crippen molar-refractivity contribution in [1.29, 1.82) is 0 Å². The molecule has 0 fully saturated rings. The van der Waals surface area contributed by atoms with Gasteiger partial charge < -0.3 is 10.5 Å². The summed E-state index contributed by atoms with van der Waals surface area (Å²) in [6.45, 7) is 0. The minimum Gasteiger partial charge on any atom is -0.438 e. The van der Waals surface area contributed by atoms with Crippen LogP contribution in [0.2, 0.25) is 5.15 Å². The zero-order chi connectivity index (χ0) is 15.5. The van der Waals surface area contributed by atoms with Crippen molar-refractivity contribution in [1.82, 2.24) is 25.6 Å². The van der Waals surface area contributed by atoms with E-state index in [1.165, 1.54) is 0 Å². The molecule has 0 saturated heterocycles. The van der Waals surface area contributed by atoms with E-state index in [1.807, 2.05) is 0 Å². The number of carbonyl (C=O) groups is 1. The predicted molar refractivity (Wildman–Crippen MR) is 77.5 cm³/mol. The van der Waals surface area contributed by atoms with Gasteiger partial charge in [-0.05, 0) is 30.3 Å². The number of nitrogens with two attached hydrogens (primary N) is 1. The van der Waals surface area contributed by atoms with Gasteiger partial charge in [-0.25, -0.2) is 0 Å². The summed E-state index contributed by atoms with van der Waals surface area (Å²) in [5.41, 5.74) is 6.37. The first kappa shape index (κ1) is 14.0.